The maximum atomic E-state index is 13.9. The number of sulfonamides is 1. The van der Waals surface area contributed by atoms with E-state index in [9.17, 15) is 17.9 Å². The lowest BCUT2D eigenvalue weighted by Gasteiger charge is -2.15. The topological polar surface area (TPSA) is 75.6 Å². The van der Waals surface area contributed by atoms with Gasteiger partial charge in [-0.15, -0.1) is 11.3 Å². The molecule has 25 heavy (non-hydrogen) atoms. The number of thiophene rings is 1. The van der Waals surface area contributed by atoms with Gasteiger partial charge in [0.15, 0.2) is 11.6 Å². The van der Waals surface area contributed by atoms with Crippen molar-refractivity contribution >= 4 is 21.4 Å². The molecule has 0 saturated heterocycles. The van der Waals surface area contributed by atoms with Crippen LogP contribution in [0.2, 0.25) is 0 Å². The van der Waals surface area contributed by atoms with Gasteiger partial charge in [0, 0.05) is 18.0 Å². The van der Waals surface area contributed by atoms with Crippen LogP contribution in [-0.2, 0) is 10.0 Å². The fourth-order valence-electron chi connectivity index (χ4n) is 2.48. The van der Waals surface area contributed by atoms with Gasteiger partial charge in [0.1, 0.15) is 0 Å². The lowest BCUT2D eigenvalue weighted by molar-refractivity contribution is 0.273. The summed E-state index contributed by atoms with van der Waals surface area (Å²) < 4.78 is 46.1. The Hall–Kier alpha value is -1.48. The second kappa shape index (κ2) is 9.28. The van der Waals surface area contributed by atoms with Crippen LogP contribution in [0.1, 0.15) is 30.6 Å². The van der Waals surface area contributed by atoms with Crippen molar-refractivity contribution in [3.63, 3.8) is 0 Å². The molecule has 0 aliphatic rings. The summed E-state index contributed by atoms with van der Waals surface area (Å²) in [7, 11) is -3.80. The first-order chi connectivity index (χ1) is 12.0. The third-order valence-electron chi connectivity index (χ3n) is 3.72. The third-order valence-corrected chi connectivity index (χ3v) is 6.21. The SMILES string of the molecule is CCOc1ccc(S(=O)(=O)NCCC(CCO)c2cccs2)cc1F. The summed E-state index contributed by atoms with van der Waals surface area (Å²) in [4.78, 5) is 0.976. The van der Waals surface area contributed by atoms with E-state index in [1.807, 2.05) is 17.5 Å². The van der Waals surface area contributed by atoms with Crippen molar-refractivity contribution in [1.82, 2.24) is 4.72 Å². The first-order valence-electron chi connectivity index (χ1n) is 8.04. The molecule has 1 aromatic carbocycles. The zero-order valence-corrected chi connectivity index (χ0v) is 15.6. The minimum atomic E-state index is -3.80. The quantitative estimate of drug-likeness (QED) is 0.657. The summed E-state index contributed by atoms with van der Waals surface area (Å²) in [5.74, 6) is -0.589. The smallest absolute Gasteiger partial charge is 0.240 e. The van der Waals surface area contributed by atoms with E-state index in [0.717, 1.165) is 10.9 Å². The molecule has 1 aromatic heterocycles. The monoisotopic (exact) mass is 387 g/mol. The third kappa shape index (κ3) is 5.50. The van der Waals surface area contributed by atoms with E-state index in [4.69, 9.17) is 4.74 Å². The summed E-state index contributed by atoms with van der Waals surface area (Å²) >= 11 is 1.58. The second-order valence-corrected chi connectivity index (χ2v) is 8.18. The molecule has 0 radical (unpaired) electrons. The molecule has 2 aromatic rings. The number of rotatable bonds is 10. The first-order valence-corrected chi connectivity index (χ1v) is 10.4. The number of hydrogen-bond acceptors (Lipinski definition) is 5. The standard InChI is InChI=1S/C17H22FNO4S2/c1-2-23-16-6-5-14(12-15(16)18)25(21,22)19-9-7-13(8-10-20)17-4-3-11-24-17/h3-6,11-13,19-20H,2,7-10H2,1H3. The normalized spacial score (nSPS) is 12.9. The average molecular weight is 387 g/mol. The minimum absolute atomic E-state index is 0.0298. The molecule has 0 fully saturated rings. The van der Waals surface area contributed by atoms with Gasteiger partial charge in [-0.05, 0) is 55.3 Å². The minimum Gasteiger partial charge on any atom is -0.491 e. The largest absolute Gasteiger partial charge is 0.491 e. The van der Waals surface area contributed by atoms with Crippen LogP contribution in [-0.4, -0.2) is 33.3 Å². The molecule has 0 bridgehead atoms. The van der Waals surface area contributed by atoms with Gasteiger partial charge >= 0.3 is 0 Å². The van der Waals surface area contributed by atoms with E-state index in [-0.39, 0.29) is 29.7 Å². The summed E-state index contributed by atoms with van der Waals surface area (Å²) in [5, 5.41) is 11.1. The molecule has 5 nitrogen and oxygen atoms in total. The fraction of sp³-hybridized carbons (Fsp3) is 0.412. The van der Waals surface area contributed by atoms with Crippen LogP contribution < -0.4 is 9.46 Å². The lowest BCUT2D eigenvalue weighted by atomic mass is 10.0. The number of aliphatic hydroxyl groups is 1. The Labute approximate surface area is 151 Å². The predicted molar refractivity (Wildman–Crippen MR) is 96.1 cm³/mol. The summed E-state index contributed by atoms with van der Waals surface area (Å²) in [6.45, 7) is 2.28. The van der Waals surface area contributed by atoms with Crippen molar-refractivity contribution in [2.45, 2.75) is 30.6 Å². The lowest BCUT2D eigenvalue weighted by Crippen LogP contribution is -2.26. The number of ether oxygens (including phenoxy) is 1. The summed E-state index contributed by atoms with van der Waals surface area (Å²) in [6.07, 6.45) is 1.12. The summed E-state index contributed by atoms with van der Waals surface area (Å²) in [6, 6.07) is 7.49. The van der Waals surface area contributed by atoms with E-state index in [0.29, 0.717) is 19.4 Å². The maximum Gasteiger partial charge on any atom is 0.240 e. The molecule has 0 spiro atoms. The Morgan fingerprint density at radius 2 is 2.12 bits per heavy atom. The van der Waals surface area contributed by atoms with E-state index in [2.05, 4.69) is 4.72 Å². The number of hydrogen-bond donors (Lipinski definition) is 2. The number of benzene rings is 1. The first kappa shape index (κ1) is 19.8. The van der Waals surface area contributed by atoms with Crippen LogP contribution in [0, 0.1) is 5.82 Å². The molecule has 2 rings (SSSR count). The molecule has 0 saturated carbocycles. The molecular formula is C17H22FNO4S2. The van der Waals surface area contributed by atoms with Crippen LogP contribution in [0.5, 0.6) is 5.75 Å². The number of halogens is 1. The van der Waals surface area contributed by atoms with Crippen LogP contribution in [0.15, 0.2) is 40.6 Å². The van der Waals surface area contributed by atoms with Gasteiger partial charge in [-0.3, -0.25) is 0 Å². The Balaban J connectivity index is 2.00. The van der Waals surface area contributed by atoms with Gasteiger partial charge in [-0.2, -0.15) is 0 Å². The van der Waals surface area contributed by atoms with E-state index in [1.165, 1.54) is 12.1 Å². The fourth-order valence-corrected chi connectivity index (χ4v) is 4.44. The molecule has 2 N–H and O–H groups in total. The van der Waals surface area contributed by atoms with Crippen molar-refractivity contribution in [2.75, 3.05) is 19.8 Å². The Bertz CT molecular complexity index is 763. The van der Waals surface area contributed by atoms with Gasteiger partial charge < -0.3 is 9.84 Å². The second-order valence-electron chi connectivity index (χ2n) is 5.44. The predicted octanol–water partition coefficient (Wildman–Crippen LogP) is 3.12. The molecule has 0 amide bonds. The van der Waals surface area contributed by atoms with Crippen molar-refractivity contribution in [3.8, 4) is 5.75 Å². The molecule has 0 aliphatic carbocycles. The number of nitrogens with one attached hydrogen (secondary N) is 1. The van der Waals surface area contributed by atoms with Crippen molar-refractivity contribution in [3.05, 3.63) is 46.4 Å². The van der Waals surface area contributed by atoms with Gasteiger partial charge in [0.05, 0.1) is 11.5 Å². The van der Waals surface area contributed by atoms with Crippen LogP contribution in [0.25, 0.3) is 0 Å². The van der Waals surface area contributed by atoms with Gasteiger partial charge in [-0.1, -0.05) is 6.07 Å². The van der Waals surface area contributed by atoms with Gasteiger partial charge in [-0.25, -0.2) is 17.5 Å². The van der Waals surface area contributed by atoms with Gasteiger partial charge in [0.2, 0.25) is 10.0 Å². The Morgan fingerprint density at radius 3 is 2.72 bits per heavy atom. The van der Waals surface area contributed by atoms with E-state index < -0.39 is 15.8 Å². The van der Waals surface area contributed by atoms with Crippen molar-refractivity contribution in [2.24, 2.45) is 0 Å². The van der Waals surface area contributed by atoms with Crippen molar-refractivity contribution < 1.29 is 22.7 Å². The number of aliphatic hydroxyl groups excluding tert-OH is 1. The van der Waals surface area contributed by atoms with E-state index in [1.54, 1.807) is 18.3 Å². The highest BCUT2D eigenvalue weighted by Crippen LogP contribution is 2.27. The molecule has 1 atom stereocenters. The average Bonchev–Trinajstić information content (AvgIpc) is 3.10. The maximum absolute atomic E-state index is 13.9. The molecule has 1 heterocycles. The van der Waals surface area contributed by atoms with Crippen LogP contribution in [0.3, 0.4) is 0 Å². The molecule has 0 aliphatic heterocycles. The zero-order valence-electron chi connectivity index (χ0n) is 13.9. The van der Waals surface area contributed by atoms with E-state index >= 15 is 0 Å². The molecule has 1 unspecified atom stereocenters. The Morgan fingerprint density at radius 1 is 1.32 bits per heavy atom. The van der Waals surface area contributed by atoms with Crippen LogP contribution in [0.4, 0.5) is 4.39 Å². The van der Waals surface area contributed by atoms with Crippen LogP contribution >= 0.6 is 11.3 Å². The highest BCUT2D eigenvalue weighted by Gasteiger charge is 2.18. The molecule has 138 valence electrons. The summed E-state index contributed by atoms with van der Waals surface area (Å²) in [5.41, 5.74) is 0. The Kier molecular flexibility index (Phi) is 7.37. The highest BCUT2D eigenvalue weighted by molar-refractivity contribution is 7.89. The zero-order chi connectivity index (χ0) is 18.3. The molecule has 8 heteroatoms. The van der Waals surface area contributed by atoms with Crippen molar-refractivity contribution in [1.29, 1.82) is 0 Å². The van der Waals surface area contributed by atoms with Gasteiger partial charge in [0.25, 0.3) is 0 Å². The molecular weight excluding hydrogens is 365 g/mol. The highest BCUT2D eigenvalue weighted by atomic mass is 32.2.